The van der Waals surface area contributed by atoms with Gasteiger partial charge < -0.3 is 5.32 Å². The first-order chi connectivity index (χ1) is 14.7. The molecule has 0 heterocycles. The van der Waals surface area contributed by atoms with Crippen LogP contribution in [0.1, 0.15) is 67.0 Å². The molecule has 0 saturated heterocycles. The summed E-state index contributed by atoms with van der Waals surface area (Å²) in [6, 6.07) is 13.3. The van der Waals surface area contributed by atoms with Crippen molar-refractivity contribution in [1.29, 1.82) is 0 Å². The van der Waals surface area contributed by atoms with E-state index in [1.807, 2.05) is 0 Å². The van der Waals surface area contributed by atoms with Gasteiger partial charge in [0.1, 0.15) is 0 Å². The van der Waals surface area contributed by atoms with Crippen LogP contribution in [0.4, 0.5) is 0 Å². The SMILES string of the molecule is C=C(CC1=CCC=C1C1=Cc2c(CNC(C)(C)C)cccc2C1)c1c(C)cccc1C. The van der Waals surface area contributed by atoms with Crippen molar-refractivity contribution in [2.75, 3.05) is 0 Å². The summed E-state index contributed by atoms with van der Waals surface area (Å²) < 4.78 is 0. The number of hydrogen-bond acceptors (Lipinski definition) is 1. The largest absolute Gasteiger partial charge is 0.308 e. The van der Waals surface area contributed by atoms with Crippen molar-refractivity contribution in [3.8, 4) is 0 Å². The molecule has 1 heteroatoms. The Bertz CT molecular complexity index is 1100. The van der Waals surface area contributed by atoms with Crippen molar-refractivity contribution < 1.29 is 0 Å². The maximum atomic E-state index is 4.48. The zero-order valence-electron chi connectivity index (χ0n) is 19.7. The highest BCUT2D eigenvalue weighted by atomic mass is 14.9. The minimum Gasteiger partial charge on any atom is -0.308 e. The summed E-state index contributed by atoms with van der Waals surface area (Å²) in [6.45, 7) is 16.4. The predicted molar refractivity (Wildman–Crippen MR) is 135 cm³/mol. The quantitative estimate of drug-likeness (QED) is 0.521. The summed E-state index contributed by atoms with van der Waals surface area (Å²) >= 11 is 0. The molecule has 0 fully saturated rings. The molecule has 2 aromatic rings. The third-order valence-electron chi connectivity index (χ3n) is 6.41. The molecular weight excluding hydrogens is 374 g/mol. The second kappa shape index (κ2) is 8.48. The van der Waals surface area contributed by atoms with Gasteiger partial charge in [0.15, 0.2) is 0 Å². The van der Waals surface area contributed by atoms with E-state index in [-0.39, 0.29) is 5.54 Å². The van der Waals surface area contributed by atoms with Crippen LogP contribution in [0.3, 0.4) is 0 Å². The van der Waals surface area contributed by atoms with Gasteiger partial charge in [-0.15, -0.1) is 0 Å². The van der Waals surface area contributed by atoms with Crippen molar-refractivity contribution in [3.05, 3.63) is 105 Å². The van der Waals surface area contributed by atoms with Gasteiger partial charge in [0.25, 0.3) is 0 Å². The molecule has 0 radical (unpaired) electrons. The van der Waals surface area contributed by atoms with Crippen LogP contribution in [0.15, 0.2) is 71.8 Å². The van der Waals surface area contributed by atoms with E-state index in [1.54, 1.807) is 0 Å². The molecule has 31 heavy (non-hydrogen) atoms. The van der Waals surface area contributed by atoms with Crippen molar-refractivity contribution >= 4 is 11.6 Å². The Morgan fingerprint density at radius 3 is 2.42 bits per heavy atom. The lowest BCUT2D eigenvalue weighted by Gasteiger charge is -2.21. The molecule has 0 bridgehead atoms. The lowest BCUT2D eigenvalue weighted by atomic mass is 9.89. The fourth-order valence-electron chi connectivity index (χ4n) is 4.88. The second-order valence-corrected chi connectivity index (χ2v) is 10.1. The topological polar surface area (TPSA) is 12.0 Å². The van der Waals surface area contributed by atoms with Gasteiger partial charge >= 0.3 is 0 Å². The third kappa shape index (κ3) is 4.67. The minimum atomic E-state index is 0.117. The Kier molecular flexibility index (Phi) is 5.90. The number of fused-ring (bicyclic) bond motifs is 1. The summed E-state index contributed by atoms with van der Waals surface area (Å²) in [7, 11) is 0. The summed E-state index contributed by atoms with van der Waals surface area (Å²) in [5.41, 5.74) is 13.9. The highest BCUT2D eigenvalue weighted by Crippen LogP contribution is 2.40. The molecule has 1 N–H and O–H groups in total. The first-order valence-corrected chi connectivity index (χ1v) is 11.4. The molecule has 0 aliphatic heterocycles. The maximum absolute atomic E-state index is 4.48. The van der Waals surface area contributed by atoms with Gasteiger partial charge in [0, 0.05) is 12.1 Å². The predicted octanol–water partition coefficient (Wildman–Crippen LogP) is 7.49. The van der Waals surface area contributed by atoms with E-state index in [4.69, 9.17) is 0 Å². The van der Waals surface area contributed by atoms with Crippen LogP contribution in [0, 0.1) is 13.8 Å². The van der Waals surface area contributed by atoms with E-state index in [0.29, 0.717) is 0 Å². The number of rotatable bonds is 6. The first kappa shape index (κ1) is 21.6. The number of benzene rings is 2. The van der Waals surface area contributed by atoms with Crippen LogP contribution >= 0.6 is 0 Å². The van der Waals surface area contributed by atoms with Gasteiger partial charge in [0.2, 0.25) is 0 Å². The van der Waals surface area contributed by atoms with Crippen LogP contribution < -0.4 is 5.32 Å². The van der Waals surface area contributed by atoms with Crippen LogP contribution in [-0.2, 0) is 13.0 Å². The Morgan fingerprint density at radius 2 is 1.71 bits per heavy atom. The number of allylic oxidation sites excluding steroid dienone is 6. The van der Waals surface area contributed by atoms with E-state index < -0.39 is 0 Å². The van der Waals surface area contributed by atoms with E-state index >= 15 is 0 Å². The average molecular weight is 410 g/mol. The monoisotopic (exact) mass is 409 g/mol. The zero-order chi connectivity index (χ0) is 22.2. The molecular formula is C30H35N. The standard InChI is InChI=1S/C30H35N/c1-20-10-7-11-21(2)29(20)22(3)16-23-13-9-15-27(23)26-17-24-12-8-14-25(28(24)18-26)19-31-30(4,5)6/h7-8,10-15,18,31H,3,9,16-17,19H2,1-2,4-6H3. The molecule has 2 aliphatic rings. The fourth-order valence-corrected chi connectivity index (χ4v) is 4.88. The Morgan fingerprint density at radius 1 is 1.00 bits per heavy atom. The number of aryl methyl sites for hydroxylation is 2. The molecule has 2 aliphatic carbocycles. The van der Waals surface area contributed by atoms with Crippen LogP contribution in [0.25, 0.3) is 11.6 Å². The smallest absolute Gasteiger partial charge is 0.0216 e. The molecule has 1 nitrogen and oxygen atoms in total. The van der Waals surface area contributed by atoms with Crippen molar-refractivity contribution in [1.82, 2.24) is 5.32 Å². The maximum Gasteiger partial charge on any atom is 0.0216 e. The van der Waals surface area contributed by atoms with Gasteiger partial charge in [-0.05, 0) is 110 Å². The molecule has 0 unspecified atom stereocenters. The zero-order valence-corrected chi connectivity index (χ0v) is 19.7. The van der Waals surface area contributed by atoms with Gasteiger partial charge in [0.05, 0.1) is 0 Å². The Hall–Kier alpha value is -2.64. The van der Waals surface area contributed by atoms with E-state index in [1.165, 1.54) is 55.7 Å². The lowest BCUT2D eigenvalue weighted by molar-refractivity contribution is 0.424. The van der Waals surface area contributed by atoms with Crippen LogP contribution in [0.5, 0.6) is 0 Å². The second-order valence-electron chi connectivity index (χ2n) is 10.1. The summed E-state index contributed by atoms with van der Waals surface area (Å²) in [5.74, 6) is 0. The third-order valence-corrected chi connectivity index (χ3v) is 6.41. The lowest BCUT2D eigenvalue weighted by Crippen LogP contribution is -2.35. The van der Waals surface area contributed by atoms with Crippen LogP contribution in [-0.4, -0.2) is 5.54 Å². The number of hydrogen-bond donors (Lipinski definition) is 1. The highest BCUT2D eigenvalue weighted by Gasteiger charge is 2.23. The molecule has 4 rings (SSSR count). The molecule has 0 atom stereocenters. The van der Waals surface area contributed by atoms with Crippen molar-refractivity contribution in [3.63, 3.8) is 0 Å². The molecule has 160 valence electrons. The van der Waals surface area contributed by atoms with E-state index in [9.17, 15) is 0 Å². The molecule has 0 spiro atoms. The Labute approximate surface area is 188 Å². The summed E-state index contributed by atoms with van der Waals surface area (Å²) in [5, 5.41) is 3.65. The van der Waals surface area contributed by atoms with E-state index in [0.717, 1.165) is 25.8 Å². The van der Waals surface area contributed by atoms with Crippen molar-refractivity contribution in [2.24, 2.45) is 0 Å². The van der Waals surface area contributed by atoms with Gasteiger partial charge in [-0.2, -0.15) is 0 Å². The molecule has 0 saturated carbocycles. The summed E-state index contributed by atoms with van der Waals surface area (Å²) in [4.78, 5) is 0. The molecule has 2 aromatic carbocycles. The van der Waals surface area contributed by atoms with Gasteiger partial charge in [-0.1, -0.05) is 61.2 Å². The summed E-state index contributed by atoms with van der Waals surface area (Å²) in [6.07, 6.45) is 10.2. The number of nitrogens with one attached hydrogen (secondary N) is 1. The average Bonchev–Trinajstić information content (AvgIpc) is 3.32. The normalized spacial score (nSPS) is 15.5. The fraction of sp³-hybridized carbons (Fsp3) is 0.333. The van der Waals surface area contributed by atoms with Crippen molar-refractivity contribution in [2.45, 2.75) is 66.0 Å². The molecule has 0 aromatic heterocycles. The van der Waals surface area contributed by atoms with Crippen LogP contribution in [0.2, 0.25) is 0 Å². The first-order valence-electron chi connectivity index (χ1n) is 11.4. The van der Waals surface area contributed by atoms with Gasteiger partial charge in [-0.25, -0.2) is 0 Å². The minimum absolute atomic E-state index is 0.117. The van der Waals surface area contributed by atoms with E-state index in [2.05, 4.69) is 101 Å². The molecule has 0 amide bonds. The van der Waals surface area contributed by atoms with Gasteiger partial charge in [-0.3, -0.25) is 0 Å². The highest BCUT2D eigenvalue weighted by molar-refractivity contribution is 5.77. The Balaban J connectivity index is 1.54.